The summed E-state index contributed by atoms with van der Waals surface area (Å²) >= 11 is 8.90. The van der Waals surface area contributed by atoms with Crippen molar-refractivity contribution in [2.45, 2.75) is 6.42 Å². The number of carbonyl (C=O) groups excluding carboxylic acids is 1. The van der Waals surface area contributed by atoms with Crippen molar-refractivity contribution in [1.82, 2.24) is 5.43 Å². The number of aromatic hydroxyl groups is 2. The van der Waals surface area contributed by atoms with Crippen LogP contribution in [0.4, 0.5) is 0 Å². The summed E-state index contributed by atoms with van der Waals surface area (Å²) < 4.78 is 0.416. The van der Waals surface area contributed by atoms with Gasteiger partial charge < -0.3 is 10.2 Å². The van der Waals surface area contributed by atoms with Crippen molar-refractivity contribution in [3.8, 4) is 11.5 Å². The van der Waals surface area contributed by atoms with Crippen molar-refractivity contribution in [2.75, 3.05) is 0 Å². The molecule has 2 rings (SSSR count). The van der Waals surface area contributed by atoms with Gasteiger partial charge in [-0.15, -0.1) is 0 Å². The molecule has 0 aromatic heterocycles. The first-order chi connectivity index (χ1) is 10.5. The highest BCUT2D eigenvalue weighted by Gasteiger charge is 2.05. The van der Waals surface area contributed by atoms with Gasteiger partial charge in [-0.2, -0.15) is 5.10 Å². The highest BCUT2D eigenvalue weighted by Crippen LogP contribution is 2.30. The molecule has 0 fully saturated rings. The maximum absolute atomic E-state index is 11.7. The lowest BCUT2D eigenvalue weighted by Gasteiger charge is -2.03. The minimum Gasteiger partial charge on any atom is -0.507 e. The Kier molecular flexibility index (Phi) is 5.41. The molecule has 0 saturated heterocycles. The van der Waals surface area contributed by atoms with Crippen molar-refractivity contribution in [3.05, 3.63) is 57.0 Å². The largest absolute Gasteiger partial charge is 0.507 e. The van der Waals surface area contributed by atoms with Crippen molar-refractivity contribution < 1.29 is 15.0 Å². The number of benzene rings is 2. The number of carbonyl (C=O) groups is 1. The second-order valence-electron chi connectivity index (χ2n) is 4.46. The Morgan fingerprint density at radius 1 is 1.23 bits per heavy atom. The SMILES string of the molecule is O=C(Cc1ccc(Cl)cc1)N/N=C\c1cc(Br)c(O)cc1O. The Bertz CT molecular complexity index is 717. The minimum absolute atomic E-state index is 0.0820. The van der Waals surface area contributed by atoms with Crippen LogP contribution in [-0.2, 0) is 11.2 Å². The summed E-state index contributed by atoms with van der Waals surface area (Å²) in [6.45, 7) is 0. The number of rotatable bonds is 4. The average Bonchev–Trinajstić information content (AvgIpc) is 2.47. The molecule has 2 aromatic rings. The Morgan fingerprint density at radius 3 is 2.59 bits per heavy atom. The molecule has 7 heteroatoms. The first kappa shape index (κ1) is 16.3. The highest BCUT2D eigenvalue weighted by molar-refractivity contribution is 9.10. The van der Waals surface area contributed by atoms with Crippen LogP contribution in [0.5, 0.6) is 11.5 Å². The van der Waals surface area contributed by atoms with Gasteiger partial charge in [0.2, 0.25) is 5.91 Å². The van der Waals surface area contributed by atoms with Crippen LogP contribution in [0, 0.1) is 0 Å². The molecule has 5 nitrogen and oxygen atoms in total. The van der Waals surface area contributed by atoms with Gasteiger partial charge in [-0.05, 0) is 39.7 Å². The molecule has 22 heavy (non-hydrogen) atoms. The number of halogens is 2. The lowest BCUT2D eigenvalue weighted by atomic mass is 10.1. The fourth-order valence-corrected chi connectivity index (χ4v) is 2.16. The van der Waals surface area contributed by atoms with Crippen LogP contribution < -0.4 is 5.43 Å². The van der Waals surface area contributed by atoms with E-state index >= 15 is 0 Å². The molecule has 114 valence electrons. The van der Waals surface area contributed by atoms with E-state index in [0.717, 1.165) is 5.56 Å². The smallest absolute Gasteiger partial charge is 0.244 e. The van der Waals surface area contributed by atoms with Gasteiger partial charge in [0.25, 0.3) is 0 Å². The first-order valence-electron chi connectivity index (χ1n) is 6.23. The summed E-state index contributed by atoms with van der Waals surface area (Å²) in [7, 11) is 0. The van der Waals surface area contributed by atoms with Crippen LogP contribution in [0.3, 0.4) is 0 Å². The van der Waals surface area contributed by atoms with Crippen LogP contribution in [0.1, 0.15) is 11.1 Å². The fraction of sp³-hybridized carbons (Fsp3) is 0.0667. The van der Waals surface area contributed by atoms with Gasteiger partial charge in [-0.25, -0.2) is 5.43 Å². The molecular weight excluding hydrogens is 372 g/mol. The van der Waals surface area contributed by atoms with Crippen molar-refractivity contribution in [1.29, 1.82) is 0 Å². The highest BCUT2D eigenvalue weighted by atomic mass is 79.9. The number of phenolic OH excluding ortho intramolecular Hbond substituents is 2. The van der Waals surface area contributed by atoms with Gasteiger partial charge in [0.05, 0.1) is 17.1 Å². The summed E-state index contributed by atoms with van der Waals surface area (Å²) in [6.07, 6.45) is 1.46. The van der Waals surface area contributed by atoms with E-state index in [4.69, 9.17) is 11.6 Å². The number of hydrogen-bond donors (Lipinski definition) is 3. The molecule has 0 unspecified atom stereocenters. The Balaban J connectivity index is 1.96. The molecule has 1 amide bonds. The molecule has 0 atom stereocenters. The number of amides is 1. The van der Waals surface area contributed by atoms with Gasteiger partial charge >= 0.3 is 0 Å². The summed E-state index contributed by atoms with van der Waals surface area (Å²) in [5.41, 5.74) is 3.53. The van der Waals surface area contributed by atoms with E-state index in [1.807, 2.05) is 0 Å². The van der Waals surface area contributed by atoms with Gasteiger partial charge in [0.15, 0.2) is 0 Å². The lowest BCUT2D eigenvalue weighted by molar-refractivity contribution is -0.120. The van der Waals surface area contributed by atoms with E-state index in [9.17, 15) is 15.0 Å². The van der Waals surface area contributed by atoms with Crippen LogP contribution in [0.15, 0.2) is 46.0 Å². The maximum atomic E-state index is 11.7. The number of hydrogen-bond acceptors (Lipinski definition) is 4. The Morgan fingerprint density at radius 2 is 1.91 bits per heavy atom. The molecule has 0 aliphatic rings. The van der Waals surface area contributed by atoms with Gasteiger partial charge in [-0.3, -0.25) is 4.79 Å². The second-order valence-corrected chi connectivity index (χ2v) is 5.75. The van der Waals surface area contributed by atoms with Crippen molar-refractivity contribution in [3.63, 3.8) is 0 Å². The van der Waals surface area contributed by atoms with E-state index in [2.05, 4.69) is 26.5 Å². The summed E-state index contributed by atoms with van der Waals surface area (Å²) in [4.78, 5) is 11.7. The molecule has 0 heterocycles. The standard InChI is InChI=1S/C15H12BrClN2O3/c16-12-6-10(13(20)7-14(12)21)8-18-19-15(22)5-9-1-3-11(17)4-2-9/h1-4,6-8,20-21H,5H2,(H,19,22)/b18-8-. The molecule has 0 radical (unpaired) electrons. The van der Waals surface area contributed by atoms with Crippen molar-refractivity contribution in [2.24, 2.45) is 5.10 Å². The quantitative estimate of drug-likeness (QED) is 0.560. The Labute approximate surface area is 140 Å². The zero-order valence-electron chi connectivity index (χ0n) is 11.3. The maximum Gasteiger partial charge on any atom is 0.244 e. The van der Waals surface area contributed by atoms with Gasteiger partial charge in [-0.1, -0.05) is 23.7 Å². The summed E-state index contributed by atoms with van der Waals surface area (Å²) in [5, 5.41) is 23.4. The molecule has 0 aliphatic heterocycles. The van der Waals surface area contributed by atoms with Gasteiger partial charge in [0, 0.05) is 16.7 Å². The van der Waals surface area contributed by atoms with Crippen LogP contribution in [-0.4, -0.2) is 22.3 Å². The third-order valence-electron chi connectivity index (χ3n) is 2.77. The Hall–Kier alpha value is -2.05. The topological polar surface area (TPSA) is 81.9 Å². The summed E-state index contributed by atoms with van der Waals surface area (Å²) in [5.74, 6) is -0.520. The van der Waals surface area contributed by atoms with E-state index in [-0.39, 0.29) is 23.8 Å². The van der Waals surface area contributed by atoms with E-state index in [1.54, 1.807) is 24.3 Å². The van der Waals surface area contributed by atoms with Gasteiger partial charge in [0.1, 0.15) is 11.5 Å². The fourth-order valence-electron chi connectivity index (χ4n) is 1.67. The van der Waals surface area contributed by atoms with Crippen LogP contribution >= 0.6 is 27.5 Å². The molecule has 2 aromatic carbocycles. The first-order valence-corrected chi connectivity index (χ1v) is 7.40. The van der Waals surface area contributed by atoms with Crippen molar-refractivity contribution >= 4 is 39.7 Å². The third-order valence-corrected chi connectivity index (χ3v) is 3.65. The second kappa shape index (κ2) is 7.29. The normalized spacial score (nSPS) is 10.8. The number of nitrogens with one attached hydrogen (secondary N) is 1. The predicted molar refractivity (Wildman–Crippen MR) is 88.4 cm³/mol. The number of nitrogens with zero attached hydrogens (tertiary/aromatic N) is 1. The third kappa shape index (κ3) is 4.47. The zero-order valence-corrected chi connectivity index (χ0v) is 13.6. The monoisotopic (exact) mass is 382 g/mol. The van der Waals surface area contributed by atoms with Crippen LogP contribution in [0.2, 0.25) is 5.02 Å². The van der Waals surface area contributed by atoms with E-state index in [1.165, 1.54) is 18.3 Å². The summed E-state index contributed by atoms with van der Waals surface area (Å²) in [6, 6.07) is 9.60. The molecule has 0 bridgehead atoms. The minimum atomic E-state index is -0.295. The average molecular weight is 384 g/mol. The molecule has 0 spiro atoms. The zero-order chi connectivity index (χ0) is 16.1. The number of phenols is 2. The number of hydrazone groups is 1. The lowest BCUT2D eigenvalue weighted by Crippen LogP contribution is -2.19. The molecule has 0 saturated carbocycles. The van der Waals surface area contributed by atoms with E-state index in [0.29, 0.717) is 15.1 Å². The van der Waals surface area contributed by atoms with E-state index < -0.39 is 0 Å². The van der Waals surface area contributed by atoms with Crippen LogP contribution in [0.25, 0.3) is 0 Å². The molecular formula is C15H12BrClN2O3. The molecule has 0 aliphatic carbocycles. The predicted octanol–water partition coefficient (Wildman–Crippen LogP) is 3.21. The molecule has 3 N–H and O–H groups in total.